The van der Waals surface area contributed by atoms with E-state index in [4.69, 9.17) is 16.7 Å². The third-order valence-corrected chi connectivity index (χ3v) is 2.59. The van der Waals surface area contributed by atoms with Gasteiger partial charge in [-0.15, -0.1) is 0 Å². The Kier molecular flexibility index (Phi) is 2.33. The second-order valence-corrected chi connectivity index (χ2v) is 3.77. The molecule has 1 aromatic carbocycles. The van der Waals surface area contributed by atoms with Gasteiger partial charge < -0.3 is 10.0 Å². The number of hydrogen-bond donors (Lipinski definition) is 1. The molecule has 1 aliphatic rings. The maximum Gasteiger partial charge on any atom is 0.323 e. The topological polar surface area (TPSA) is 40.5 Å². The Morgan fingerprint density at radius 3 is 3.07 bits per heavy atom. The fourth-order valence-electron chi connectivity index (χ4n) is 1.77. The Balaban J connectivity index is 2.26. The number of halogens is 1. The molecule has 0 spiro atoms. The molecule has 1 heterocycles. The van der Waals surface area contributed by atoms with Crippen molar-refractivity contribution in [3.8, 4) is 0 Å². The smallest absolute Gasteiger partial charge is 0.323 e. The maximum atomic E-state index is 10.6. The quantitative estimate of drug-likeness (QED) is 0.811. The summed E-state index contributed by atoms with van der Waals surface area (Å²) in [6.45, 7) is 0.830. The minimum Gasteiger partial charge on any atom is -0.480 e. The van der Waals surface area contributed by atoms with Gasteiger partial charge in [0.2, 0.25) is 0 Å². The van der Waals surface area contributed by atoms with Crippen LogP contribution < -0.4 is 4.90 Å². The number of carboxylic acids is 1. The van der Waals surface area contributed by atoms with Crippen LogP contribution in [0.3, 0.4) is 0 Å². The summed E-state index contributed by atoms with van der Waals surface area (Å²) in [5.74, 6) is -0.798. The highest BCUT2D eigenvalue weighted by Gasteiger charge is 2.20. The Labute approximate surface area is 86.9 Å². The number of rotatable bonds is 2. The summed E-state index contributed by atoms with van der Waals surface area (Å²) >= 11 is 5.84. The molecule has 14 heavy (non-hydrogen) atoms. The lowest BCUT2D eigenvalue weighted by Crippen LogP contribution is -2.27. The molecular weight excluding hydrogens is 202 g/mol. The van der Waals surface area contributed by atoms with Gasteiger partial charge in [-0.25, -0.2) is 0 Å². The number of fused-ring (bicyclic) bond motifs is 1. The fraction of sp³-hybridized carbons (Fsp3) is 0.300. The molecule has 0 aromatic heterocycles. The van der Waals surface area contributed by atoms with Crippen molar-refractivity contribution in [1.29, 1.82) is 0 Å². The first-order valence-corrected chi connectivity index (χ1v) is 4.80. The van der Waals surface area contributed by atoms with E-state index in [0.29, 0.717) is 5.02 Å². The molecule has 1 aromatic rings. The highest BCUT2D eigenvalue weighted by molar-refractivity contribution is 6.30. The molecule has 0 bridgehead atoms. The lowest BCUT2D eigenvalue weighted by molar-refractivity contribution is -0.135. The highest BCUT2D eigenvalue weighted by atomic mass is 35.5. The van der Waals surface area contributed by atoms with Crippen LogP contribution in [0.5, 0.6) is 0 Å². The zero-order chi connectivity index (χ0) is 10.1. The summed E-state index contributed by atoms with van der Waals surface area (Å²) in [5.41, 5.74) is 2.13. The van der Waals surface area contributed by atoms with Crippen molar-refractivity contribution in [2.45, 2.75) is 6.42 Å². The first-order valence-electron chi connectivity index (χ1n) is 4.42. The number of anilines is 1. The Bertz CT molecular complexity index is 378. The zero-order valence-electron chi connectivity index (χ0n) is 7.53. The summed E-state index contributed by atoms with van der Waals surface area (Å²) in [5, 5.41) is 9.40. The molecule has 2 rings (SSSR count). The molecule has 3 nitrogen and oxygen atoms in total. The van der Waals surface area contributed by atoms with E-state index in [-0.39, 0.29) is 6.54 Å². The SMILES string of the molecule is O=C(O)CN1CCc2cc(Cl)ccc21. The van der Waals surface area contributed by atoms with E-state index in [9.17, 15) is 4.79 Å². The maximum absolute atomic E-state index is 10.6. The minimum atomic E-state index is -0.798. The molecule has 0 fully saturated rings. The van der Waals surface area contributed by atoms with E-state index in [1.807, 2.05) is 17.0 Å². The van der Waals surface area contributed by atoms with Gasteiger partial charge in [-0.1, -0.05) is 11.6 Å². The third-order valence-electron chi connectivity index (χ3n) is 2.36. The van der Waals surface area contributed by atoms with Gasteiger partial charge >= 0.3 is 5.97 Å². The van der Waals surface area contributed by atoms with E-state index in [1.54, 1.807) is 6.07 Å². The van der Waals surface area contributed by atoms with Gasteiger partial charge in [0.05, 0.1) is 0 Å². The molecule has 0 aliphatic carbocycles. The summed E-state index contributed by atoms with van der Waals surface area (Å²) in [7, 11) is 0. The monoisotopic (exact) mass is 211 g/mol. The molecule has 0 amide bonds. The largest absolute Gasteiger partial charge is 0.480 e. The average molecular weight is 212 g/mol. The summed E-state index contributed by atoms with van der Waals surface area (Å²) < 4.78 is 0. The van der Waals surface area contributed by atoms with E-state index >= 15 is 0 Å². The van der Waals surface area contributed by atoms with Crippen molar-refractivity contribution < 1.29 is 9.90 Å². The van der Waals surface area contributed by atoms with Crippen molar-refractivity contribution in [2.24, 2.45) is 0 Å². The van der Waals surface area contributed by atoms with Crippen molar-refractivity contribution in [1.82, 2.24) is 0 Å². The van der Waals surface area contributed by atoms with Gasteiger partial charge in [-0.05, 0) is 30.2 Å². The Morgan fingerprint density at radius 1 is 1.57 bits per heavy atom. The zero-order valence-corrected chi connectivity index (χ0v) is 8.29. The van der Waals surface area contributed by atoms with Gasteiger partial charge in [-0.2, -0.15) is 0 Å². The number of benzene rings is 1. The molecule has 0 unspecified atom stereocenters. The average Bonchev–Trinajstić information content (AvgIpc) is 2.47. The molecule has 74 valence electrons. The predicted octanol–water partition coefficient (Wildman–Crippen LogP) is 1.79. The van der Waals surface area contributed by atoms with Gasteiger partial charge in [-0.3, -0.25) is 4.79 Å². The van der Waals surface area contributed by atoms with E-state index in [2.05, 4.69) is 0 Å². The second-order valence-electron chi connectivity index (χ2n) is 3.34. The molecule has 0 saturated carbocycles. The molecular formula is C10H10ClNO2. The molecule has 0 saturated heterocycles. The summed E-state index contributed by atoms with van der Waals surface area (Å²) in [4.78, 5) is 12.4. The summed E-state index contributed by atoms with van der Waals surface area (Å²) in [6.07, 6.45) is 0.878. The van der Waals surface area contributed by atoms with Crippen LogP contribution >= 0.6 is 11.6 Å². The van der Waals surface area contributed by atoms with Crippen molar-refractivity contribution in [3.05, 3.63) is 28.8 Å². The fourth-order valence-corrected chi connectivity index (χ4v) is 1.96. The van der Waals surface area contributed by atoms with Crippen molar-refractivity contribution in [2.75, 3.05) is 18.0 Å². The van der Waals surface area contributed by atoms with Crippen molar-refractivity contribution >= 4 is 23.3 Å². The summed E-state index contributed by atoms with van der Waals surface area (Å²) in [6, 6.07) is 5.58. The van der Waals surface area contributed by atoms with Crippen LogP contribution in [-0.2, 0) is 11.2 Å². The van der Waals surface area contributed by atoms with Gasteiger partial charge in [0.25, 0.3) is 0 Å². The van der Waals surface area contributed by atoms with Crippen LogP contribution in [0.2, 0.25) is 5.02 Å². The molecule has 0 radical (unpaired) electrons. The van der Waals surface area contributed by atoms with Crippen LogP contribution in [0, 0.1) is 0 Å². The Hall–Kier alpha value is -1.22. The van der Waals surface area contributed by atoms with E-state index < -0.39 is 5.97 Å². The van der Waals surface area contributed by atoms with Crippen molar-refractivity contribution in [3.63, 3.8) is 0 Å². The van der Waals surface area contributed by atoms with Gasteiger partial charge in [0.15, 0.2) is 0 Å². The number of nitrogens with zero attached hydrogens (tertiary/aromatic N) is 1. The Morgan fingerprint density at radius 2 is 2.36 bits per heavy atom. The van der Waals surface area contributed by atoms with Crippen LogP contribution in [0.25, 0.3) is 0 Å². The number of carbonyl (C=O) groups is 1. The molecule has 0 atom stereocenters. The number of aliphatic carboxylic acids is 1. The van der Waals surface area contributed by atoms with E-state index in [1.165, 1.54) is 0 Å². The highest BCUT2D eigenvalue weighted by Crippen LogP contribution is 2.29. The van der Waals surface area contributed by atoms with E-state index in [0.717, 1.165) is 24.2 Å². The number of hydrogen-bond acceptors (Lipinski definition) is 2. The predicted molar refractivity (Wildman–Crippen MR) is 55.0 cm³/mol. The van der Waals surface area contributed by atoms with Gasteiger partial charge in [0.1, 0.15) is 6.54 Å². The normalized spacial score (nSPS) is 14.2. The molecule has 1 N–H and O–H groups in total. The van der Waals surface area contributed by atoms with Crippen LogP contribution in [0.4, 0.5) is 5.69 Å². The van der Waals surface area contributed by atoms with Crippen LogP contribution in [0.15, 0.2) is 18.2 Å². The van der Waals surface area contributed by atoms with Crippen LogP contribution in [-0.4, -0.2) is 24.2 Å². The molecule has 4 heteroatoms. The second kappa shape index (κ2) is 3.50. The minimum absolute atomic E-state index is 0.0641. The lowest BCUT2D eigenvalue weighted by atomic mass is 10.2. The molecule has 1 aliphatic heterocycles. The third kappa shape index (κ3) is 1.68. The standard InChI is InChI=1S/C10H10ClNO2/c11-8-1-2-9-7(5-8)3-4-12(9)6-10(13)14/h1-2,5H,3-4,6H2,(H,13,14). The first kappa shape index (κ1) is 9.34. The van der Waals surface area contributed by atoms with Gasteiger partial charge in [0, 0.05) is 17.3 Å². The number of carboxylic acid groups (broad SMARTS) is 1. The van der Waals surface area contributed by atoms with Crippen LogP contribution in [0.1, 0.15) is 5.56 Å². The first-order chi connectivity index (χ1) is 6.66. The lowest BCUT2D eigenvalue weighted by Gasteiger charge is -2.16.